The van der Waals surface area contributed by atoms with Crippen molar-refractivity contribution >= 4 is 33.3 Å². The molecule has 0 aliphatic heterocycles. The van der Waals surface area contributed by atoms with Crippen molar-refractivity contribution in [1.29, 1.82) is 0 Å². The summed E-state index contributed by atoms with van der Waals surface area (Å²) in [5.74, 6) is -0.921. The van der Waals surface area contributed by atoms with Crippen LogP contribution in [0.1, 0.15) is 19.4 Å². The van der Waals surface area contributed by atoms with Gasteiger partial charge in [0.1, 0.15) is 6.04 Å². The molecular formula is C18H17ClF3NO4S. The van der Waals surface area contributed by atoms with Gasteiger partial charge >= 0.3 is 12.1 Å². The molecule has 2 rings (SSSR count). The number of carbonyl (C=O) groups is 1. The van der Waals surface area contributed by atoms with Crippen molar-refractivity contribution in [2.75, 3.05) is 10.9 Å². The Bertz CT molecular complexity index is 949. The smallest absolute Gasteiger partial charge is 0.416 e. The second-order valence-electron chi connectivity index (χ2n) is 5.71. The summed E-state index contributed by atoms with van der Waals surface area (Å²) in [5, 5.41) is -0.261. The Hall–Kier alpha value is -2.26. The first kappa shape index (κ1) is 22.0. The average molecular weight is 436 g/mol. The van der Waals surface area contributed by atoms with E-state index in [0.29, 0.717) is 10.4 Å². The number of nitrogens with zero attached hydrogens (tertiary/aromatic N) is 1. The van der Waals surface area contributed by atoms with Crippen molar-refractivity contribution in [2.45, 2.75) is 31.0 Å². The van der Waals surface area contributed by atoms with Gasteiger partial charge in [0, 0.05) is 0 Å². The first-order valence-electron chi connectivity index (χ1n) is 8.13. The number of sulfonamides is 1. The zero-order chi connectivity index (χ0) is 21.1. The van der Waals surface area contributed by atoms with Crippen LogP contribution in [-0.4, -0.2) is 27.0 Å². The summed E-state index contributed by atoms with van der Waals surface area (Å²) >= 11 is 6.03. The molecule has 0 aromatic heterocycles. The van der Waals surface area contributed by atoms with Gasteiger partial charge < -0.3 is 4.74 Å². The lowest BCUT2D eigenvalue weighted by molar-refractivity contribution is -0.144. The van der Waals surface area contributed by atoms with Crippen molar-refractivity contribution in [3.8, 4) is 0 Å². The predicted molar refractivity (Wildman–Crippen MR) is 98.7 cm³/mol. The van der Waals surface area contributed by atoms with Gasteiger partial charge in [0.25, 0.3) is 10.0 Å². The summed E-state index contributed by atoms with van der Waals surface area (Å²) in [6, 6.07) is 7.82. The van der Waals surface area contributed by atoms with Crippen LogP contribution in [0.15, 0.2) is 53.4 Å². The van der Waals surface area contributed by atoms with E-state index in [2.05, 4.69) is 0 Å². The summed E-state index contributed by atoms with van der Waals surface area (Å²) in [5.41, 5.74) is -1.57. The lowest BCUT2D eigenvalue weighted by Gasteiger charge is -2.30. The molecule has 2 aromatic rings. The van der Waals surface area contributed by atoms with Gasteiger partial charge in [0.05, 0.1) is 27.8 Å². The molecule has 0 aliphatic rings. The summed E-state index contributed by atoms with van der Waals surface area (Å²) in [4.78, 5) is 12.0. The summed E-state index contributed by atoms with van der Waals surface area (Å²) in [6.07, 6.45) is -4.73. The molecule has 0 radical (unpaired) electrons. The molecule has 0 bridgehead atoms. The zero-order valence-electron chi connectivity index (χ0n) is 14.9. The Balaban J connectivity index is 2.72. The molecule has 0 fully saturated rings. The number of hydrogen-bond acceptors (Lipinski definition) is 4. The maximum Gasteiger partial charge on any atom is 0.416 e. The highest BCUT2D eigenvalue weighted by atomic mass is 35.5. The number of carbonyl (C=O) groups excluding carboxylic acids is 1. The molecule has 2 aromatic carbocycles. The fraction of sp³-hybridized carbons (Fsp3) is 0.278. The van der Waals surface area contributed by atoms with Crippen LogP contribution in [-0.2, 0) is 25.7 Å². The van der Waals surface area contributed by atoms with Gasteiger partial charge in [0.2, 0.25) is 0 Å². The highest BCUT2D eigenvalue weighted by Crippen LogP contribution is 2.38. The maximum absolute atomic E-state index is 13.2. The van der Waals surface area contributed by atoms with Crippen LogP contribution in [0.5, 0.6) is 0 Å². The van der Waals surface area contributed by atoms with Crippen molar-refractivity contribution < 1.29 is 31.1 Å². The zero-order valence-corrected chi connectivity index (χ0v) is 16.5. The SMILES string of the molecule is CCOC(=O)C(C)N(c1cc(C(F)(F)F)ccc1Cl)S(=O)(=O)c1ccccc1. The van der Waals surface area contributed by atoms with Gasteiger partial charge in [-0.1, -0.05) is 29.8 Å². The highest BCUT2D eigenvalue weighted by Gasteiger charge is 2.38. The number of rotatable bonds is 6. The largest absolute Gasteiger partial charge is 0.464 e. The van der Waals surface area contributed by atoms with Crippen LogP contribution < -0.4 is 4.31 Å². The van der Waals surface area contributed by atoms with E-state index in [1.807, 2.05) is 0 Å². The Morgan fingerprint density at radius 1 is 1.18 bits per heavy atom. The molecule has 0 amide bonds. The number of ether oxygens (including phenoxy) is 1. The van der Waals surface area contributed by atoms with Crippen LogP contribution in [0.4, 0.5) is 18.9 Å². The van der Waals surface area contributed by atoms with Gasteiger partial charge in [0.15, 0.2) is 0 Å². The van der Waals surface area contributed by atoms with Crippen LogP contribution in [0.25, 0.3) is 0 Å². The van der Waals surface area contributed by atoms with E-state index in [1.165, 1.54) is 38.1 Å². The van der Waals surface area contributed by atoms with Gasteiger partial charge in [-0.25, -0.2) is 13.2 Å². The molecule has 0 saturated carbocycles. The Kier molecular flexibility index (Phi) is 6.61. The third-order valence-electron chi connectivity index (χ3n) is 3.79. The molecule has 0 N–H and O–H groups in total. The molecule has 10 heteroatoms. The molecule has 0 spiro atoms. The Morgan fingerprint density at radius 3 is 2.32 bits per heavy atom. The van der Waals surface area contributed by atoms with Crippen molar-refractivity contribution in [3.05, 3.63) is 59.1 Å². The quantitative estimate of drug-likeness (QED) is 0.626. The van der Waals surface area contributed by atoms with E-state index in [9.17, 15) is 26.4 Å². The summed E-state index contributed by atoms with van der Waals surface area (Å²) in [6.45, 7) is 2.71. The topological polar surface area (TPSA) is 63.7 Å². The molecule has 0 aliphatic carbocycles. The van der Waals surface area contributed by atoms with E-state index in [4.69, 9.17) is 16.3 Å². The molecule has 1 unspecified atom stereocenters. The normalized spacial score (nSPS) is 13.1. The maximum atomic E-state index is 13.2. The molecule has 0 saturated heterocycles. The monoisotopic (exact) mass is 435 g/mol. The van der Waals surface area contributed by atoms with Crippen molar-refractivity contribution in [1.82, 2.24) is 0 Å². The number of alkyl halides is 3. The molecule has 28 heavy (non-hydrogen) atoms. The van der Waals surface area contributed by atoms with Gasteiger partial charge in [-0.05, 0) is 44.2 Å². The fourth-order valence-electron chi connectivity index (χ4n) is 2.47. The standard InChI is InChI=1S/C18H17ClF3NO4S/c1-3-27-17(24)12(2)23(28(25,26)14-7-5-4-6-8-14)16-11-13(18(20,21)22)9-10-15(16)19/h4-12H,3H2,1-2H3. The fourth-order valence-corrected chi connectivity index (χ4v) is 4.37. The van der Waals surface area contributed by atoms with E-state index >= 15 is 0 Å². The summed E-state index contributed by atoms with van der Waals surface area (Å²) < 4.78 is 71.2. The second-order valence-corrected chi connectivity index (χ2v) is 7.93. The van der Waals surface area contributed by atoms with Gasteiger partial charge in [-0.15, -0.1) is 0 Å². The minimum atomic E-state index is -4.73. The molecule has 1 atom stereocenters. The van der Waals surface area contributed by atoms with Gasteiger partial charge in [-0.2, -0.15) is 13.2 Å². The first-order valence-corrected chi connectivity index (χ1v) is 9.94. The van der Waals surface area contributed by atoms with Gasteiger partial charge in [-0.3, -0.25) is 4.31 Å². The predicted octanol–water partition coefficient (Wildman–Crippen LogP) is 4.51. The first-order chi connectivity index (χ1) is 13.0. The third-order valence-corrected chi connectivity index (χ3v) is 6.01. The van der Waals surface area contributed by atoms with E-state index in [0.717, 1.165) is 12.1 Å². The van der Waals surface area contributed by atoms with Crippen molar-refractivity contribution in [2.24, 2.45) is 0 Å². The molecule has 5 nitrogen and oxygen atoms in total. The van der Waals surface area contributed by atoms with Crippen molar-refractivity contribution in [3.63, 3.8) is 0 Å². The molecule has 0 heterocycles. The average Bonchev–Trinajstić information content (AvgIpc) is 2.63. The van der Waals surface area contributed by atoms with E-state index in [1.54, 1.807) is 6.07 Å². The Morgan fingerprint density at radius 2 is 1.79 bits per heavy atom. The van der Waals surface area contributed by atoms with Crippen LogP contribution in [0, 0.1) is 0 Å². The molecule has 152 valence electrons. The van der Waals surface area contributed by atoms with E-state index < -0.39 is 39.5 Å². The molecular weight excluding hydrogens is 419 g/mol. The minimum absolute atomic E-state index is 0.0290. The third kappa shape index (κ3) is 4.59. The van der Waals surface area contributed by atoms with Crippen LogP contribution >= 0.6 is 11.6 Å². The number of benzene rings is 2. The Labute approximate surface area is 165 Å². The lowest BCUT2D eigenvalue weighted by Crippen LogP contribution is -2.44. The minimum Gasteiger partial charge on any atom is -0.464 e. The second kappa shape index (κ2) is 8.40. The lowest BCUT2D eigenvalue weighted by atomic mass is 10.2. The highest BCUT2D eigenvalue weighted by molar-refractivity contribution is 7.93. The van der Waals surface area contributed by atoms with Crippen LogP contribution in [0.2, 0.25) is 5.02 Å². The summed E-state index contributed by atoms with van der Waals surface area (Å²) in [7, 11) is -4.42. The van der Waals surface area contributed by atoms with E-state index in [-0.39, 0.29) is 16.5 Å². The number of halogens is 4. The van der Waals surface area contributed by atoms with Crippen LogP contribution in [0.3, 0.4) is 0 Å². The number of hydrogen-bond donors (Lipinski definition) is 0. The number of anilines is 1. The number of esters is 1.